The predicted molar refractivity (Wildman–Crippen MR) is 69.1 cm³/mol. The van der Waals surface area contributed by atoms with Gasteiger partial charge in [0.2, 0.25) is 0 Å². The molecular formula is C11H11F3INO2. The lowest BCUT2D eigenvalue weighted by atomic mass is 10.1. The Bertz CT molecular complexity index is 466. The maximum atomic E-state index is 12.5. The van der Waals surface area contributed by atoms with Crippen molar-refractivity contribution in [3.8, 4) is 0 Å². The maximum absolute atomic E-state index is 12.5. The summed E-state index contributed by atoms with van der Waals surface area (Å²) in [7, 11) is 0. The first-order valence-corrected chi connectivity index (χ1v) is 6.00. The number of carbonyl (C=O) groups is 1. The normalized spacial score (nSPS) is 12.4. The van der Waals surface area contributed by atoms with Gasteiger partial charge in [0.25, 0.3) is 5.91 Å². The monoisotopic (exact) mass is 373 g/mol. The SMILES string of the molecule is CC(C)(O)C(=O)Nc1ccc(C(F)(F)F)c(I)c1. The van der Waals surface area contributed by atoms with Gasteiger partial charge in [-0.2, -0.15) is 13.2 Å². The molecule has 0 saturated carbocycles. The molecule has 0 fully saturated rings. The number of hydrogen-bond acceptors (Lipinski definition) is 2. The van der Waals surface area contributed by atoms with Crippen molar-refractivity contribution in [3.05, 3.63) is 27.3 Å². The summed E-state index contributed by atoms with van der Waals surface area (Å²) in [6.07, 6.45) is -4.42. The third-order valence-electron chi connectivity index (χ3n) is 2.09. The van der Waals surface area contributed by atoms with Crippen LogP contribution in [0.4, 0.5) is 18.9 Å². The van der Waals surface area contributed by atoms with Gasteiger partial charge in [0, 0.05) is 9.26 Å². The highest BCUT2D eigenvalue weighted by molar-refractivity contribution is 14.1. The number of rotatable bonds is 2. The minimum absolute atomic E-state index is 0.0198. The first-order chi connectivity index (χ1) is 8.01. The highest BCUT2D eigenvalue weighted by Gasteiger charge is 2.33. The van der Waals surface area contributed by atoms with Crippen LogP contribution in [0.2, 0.25) is 0 Å². The van der Waals surface area contributed by atoms with E-state index in [0.29, 0.717) is 0 Å². The van der Waals surface area contributed by atoms with Crippen molar-refractivity contribution in [2.45, 2.75) is 25.6 Å². The molecule has 1 aromatic carbocycles. The minimum atomic E-state index is -4.42. The van der Waals surface area contributed by atoms with Crippen molar-refractivity contribution >= 4 is 34.2 Å². The Morgan fingerprint density at radius 3 is 2.28 bits per heavy atom. The zero-order chi connectivity index (χ0) is 14.1. The van der Waals surface area contributed by atoms with Crippen LogP contribution in [0.3, 0.4) is 0 Å². The van der Waals surface area contributed by atoms with E-state index in [4.69, 9.17) is 0 Å². The van der Waals surface area contributed by atoms with E-state index in [-0.39, 0.29) is 9.26 Å². The average molecular weight is 373 g/mol. The van der Waals surface area contributed by atoms with Crippen LogP contribution in [0.25, 0.3) is 0 Å². The number of benzene rings is 1. The molecule has 0 heterocycles. The lowest BCUT2D eigenvalue weighted by Gasteiger charge is -2.17. The van der Waals surface area contributed by atoms with Crippen LogP contribution in [-0.4, -0.2) is 16.6 Å². The molecule has 18 heavy (non-hydrogen) atoms. The third-order valence-corrected chi connectivity index (χ3v) is 2.98. The van der Waals surface area contributed by atoms with E-state index in [1.54, 1.807) is 22.6 Å². The molecule has 2 N–H and O–H groups in total. The van der Waals surface area contributed by atoms with Gasteiger partial charge in [0.15, 0.2) is 0 Å². The zero-order valence-corrected chi connectivity index (χ0v) is 11.8. The van der Waals surface area contributed by atoms with Crippen molar-refractivity contribution < 1.29 is 23.1 Å². The minimum Gasteiger partial charge on any atom is -0.381 e. The predicted octanol–water partition coefficient (Wildman–Crippen LogP) is 3.02. The van der Waals surface area contributed by atoms with Crippen LogP contribution in [-0.2, 0) is 11.0 Å². The summed E-state index contributed by atoms with van der Waals surface area (Å²) in [5.74, 6) is -0.682. The summed E-state index contributed by atoms with van der Waals surface area (Å²) in [6, 6.07) is 3.24. The lowest BCUT2D eigenvalue weighted by molar-refractivity contribution is -0.138. The molecule has 7 heteroatoms. The Morgan fingerprint density at radius 2 is 1.89 bits per heavy atom. The molecule has 0 saturated heterocycles. The van der Waals surface area contributed by atoms with Crippen LogP contribution in [0.5, 0.6) is 0 Å². The fourth-order valence-electron chi connectivity index (χ4n) is 1.11. The second kappa shape index (κ2) is 5.04. The first-order valence-electron chi connectivity index (χ1n) is 4.92. The second-order valence-electron chi connectivity index (χ2n) is 4.21. The van der Waals surface area contributed by atoms with Gasteiger partial charge in [-0.3, -0.25) is 4.79 Å². The highest BCUT2D eigenvalue weighted by atomic mass is 127. The molecule has 0 spiro atoms. The summed E-state index contributed by atoms with van der Waals surface area (Å²) in [6.45, 7) is 2.58. The van der Waals surface area contributed by atoms with Crippen LogP contribution in [0.1, 0.15) is 19.4 Å². The topological polar surface area (TPSA) is 49.3 Å². The van der Waals surface area contributed by atoms with Crippen molar-refractivity contribution in [2.24, 2.45) is 0 Å². The number of anilines is 1. The van der Waals surface area contributed by atoms with Gasteiger partial charge in [-0.05, 0) is 54.6 Å². The summed E-state index contributed by atoms with van der Waals surface area (Å²) < 4.78 is 37.5. The maximum Gasteiger partial charge on any atom is 0.417 e. The Kier molecular flexibility index (Phi) is 4.26. The van der Waals surface area contributed by atoms with Crippen molar-refractivity contribution in [3.63, 3.8) is 0 Å². The average Bonchev–Trinajstić information content (AvgIpc) is 2.13. The molecular weight excluding hydrogens is 362 g/mol. The molecule has 0 aromatic heterocycles. The smallest absolute Gasteiger partial charge is 0.381 e. The second-order valence-corrected chi connectivity index (χ2v) is 5.37. The summed E-state index contributed by atoms with van der Waals surface area (Å²) in [4.78, 5) is 11.4. The van der Waals surface area contributed by atoms with Gasteiger partial charge in [0.1, 0.15) is 5.60 Å². The first kappa shape index (κ1) is 15.2. The number of aliphatic hydroxyl groups is 1. The molecule has 0 atom stereocenters. The van der Waals surface area contributed by atoms with E-state index in [2.05, 4.69) is 5.32 Å². The Labute approximate surface area is 116 Å². The number of hydrogen-bond donors (Lipinski definition) is 2. The number of amides is 1. The summed E-state index contributed by atoms with van der Waals surface area (Å²) >= 11 is 1.55. The molecule has 0 aliphatic carbocycles. The van der Waals surface area contributed by atoms with E-state index >= 15 is 0 Å². The fraction of sp³-hybridized carbons (Fsp3) is 0.364. The van der Waals surface area contributed by atoms with E-state index in [1.807, 2.05) is 0 Å². The fourth-order valence-corrected chi connectivity index (χ4v) is 1.93. The standard InChI is InChI=1S/C11H11F3INO2/c1-10(2,18)9(17)16-6-3-4-7(8(15)5-6)11(12,13)14/h3-5,18H,1-2H3,(H,16,17). The van der Waals surface area contributed by atoms with Crippen molar-refractivity contribution in [1.82, 2.24) is 0 Å². The molecule has 0 aliphatic rings. The number of halogens is 4. The van der Waals surface area contributed by atoms with Crippen LogP contribution < -0.4 is 5.32 Å². The largest absolute Gasteiger partial charge is 0.417 e. The summed E-state index contributed by atoms with van der Waals surface area (Å²) in [5.41, 5.74) is -2.14. The zero-order valence-electron chi connectivity index (χ0n) is 9.60. The molecule has 1 amide bonds. The number of carbonyl (C=O) groups excluding carboxylic acids is 1. The number of alkyl halides is 3. The van der Waals surface area contributed by atoms with E-state index in [9.17, 15) is 23.1 Å². The van der Waals surface area contributed by atoms with E-state index in [0.717, 1.165) is 12.1 Å². The molecule has 0 aliphatic heterocycles. The molecule has 1 aromatic rings. The van der Waals surface area contributed by atoms with Gasteiger partial charge < -0.3 is 10.4 Å². The van der Waals surface area contributed by atoms with Gasteiger partial charge in [0.05, 0.1) is 5.56 Å². The van der Waals surface area contributed by atoms with Gasteiger partial charge >= 0.3 is 6.18 Å². The van der Waals surface area contributed by atoms with Gasteiger partial charge in [-0.1, -0.05) is 0 Å². The Hall–Kier alpha value is -0.830. The van der Waals surface area contributed by atoms with Crippen molar-refractivity contribution in [2.75, 3.05) is 5.32 Å². The quantitative estimate of drug-likeness (QED) is 0.784. The van der Waals surface area contributed by atoms with Crippen molar-refractivity contribution in [1.29, 1.82) is 0 Å². The molecule has 0 radical (unpaired) electrons. The lowest BCUT2D eigenvalue weighted by Crippen LogP contribution is -2.36. The highest BCUT2D eigenvalue weighted by Crippen LogP contribution is 2.34. The van der Waals surface area contributed by atoms with Gasteiger partial charge in [-0.25, -0.2) is 0 Å². The van der Waals surface area contributed by atoms with Crippen LogP contribution >= 0.6 is 22.6 Å². The molecule has 0 bridgehead atoms. The van der Waals surface area contributed by atoms with E-state index in [1.165, 1.54) is 19.9 Å². The molecule has 0 unspecified atom stereocenters. The third kappa shape index (κ3) is 3.84. The van der Waals surface area contributed by atoms with Gasteiger partial charge in [-0.15, -0.1) is 0 Å². The molecule has 100 valence electrons. The molecule has 1 rings (SSSR count). The van der Waals surface area contributed by atoms with Crippen LogP contribution in [0.15, 0.2) is 18.2 Å². The Morgan fingerprint density at radius 1 is 1.33 bits per heavy atom. The van der Waals surface area contributed by atoms with E-state index < -0.39 is 23.2 Å². The Balaban J connectivity index is 2.96. The number of nitrogens with one attached hydrogen (secondary N) is 1. The molecule has 3 nitrogen and oxygen atoms in total. The van der Waals surface area contributed by atoms with Crippen LogP contribution in [0, 0.1) is 3.57 Å². The summed E-state index contributed by atoms with van der Waals surface area (Å²) in [5, 5.41) is 11.7.